The number of nitrogens with zero attached hydrogens (tertiary/aromatic N) is 3. The smallest absolute Gasteiger partial charge is 0.277 e. The highest BCUT2D eigenvalue weighted by atomic mass is 35.5. The Balaban J connectivity index is 0.732. The van der Waals surface area contributed by atoms with E-state index in [1.165, 1.54) is 21.7 Å². The zero-order valence-electron chi connectivity index (χ0n) is 34.6. The summed E-state index contributed by atoms with van der Waals surface area (Å²) in [6.45, 7) is 2.13. The highest BCUT2D eigenvalue weighted by Crippen LogP contribution is 2.33. The third-order valence-electron chi connectivity index (χ3n) is 10.9. The van der Waals surface area contributed by atoms with E-state index in [0.29, 0.717) is 96.0 Å². The fraction of sp³-hybridized carbons (Fsp3) is 0.304. The molecule has 2 aromatic heterocycles. The van der Waals surface area contributed by atoms with Crippen molar-refractivity contribution < 1.29 is 42.5 Å². The number of rotatable bonds is 20. The summed E-state index contributed by atoms with van der Waals surface area (Å²) in [5, 5.41) is 8.82. The van der Waals surface area contributed by atoms with E-state index in [0.717, 1.165) is 16.7 Å². The van der Waals surface area contributed by atoms with Gasteiger partial charge in [0.1, 0.15) is 17.6 Å². The van der Waals surface area contributed by atoms with E-state index in [9.17, 15) is 28.4 Å². The number of halogens is 2. The van der Waals surface area contributed by atoms with E-state index in [2.05, 4.69) is 25.7 Å². The summed E-state index contributed by atoms with van der Waals surface area (Å²) in [7, 11) is 0. The molecule has 332 valence electrons. The number of nitrogens with one attached hydrogen (secondary N) is 4. The molecule has 0 aliphatic carbocycles. The minimum atomic E-state index is -0.744. The lowest BCUT2D eigenvalue weighted by Crippen LogP contribution is -2.52. The first kappa shape index (κ1) is 44.0. The van der Waals surface area contributed by atoms with Crippen LogP contribution < -0.4 is 20.9 Å². The predicted molar refractivity (Wildman–Crippen MR) is 233 cm³/mol. The monoisotopic (exact) mass is 893 g/mol. The van der Waals surface area contributed by atoms with Crippen LogP contribution in [0.25, 0.3) is 28.2 Å². The fourth-order valence-electron chi connectivity index (χ4n) is 7.63. The first-order valence-electron chi connectivity index (χ1n) is 20.8. The number of aromatic nitrogens is 4. The third kappa shape index (κ3) is 10.4. The summed E-state index contributed by atoms with van der Waals surface area (Å²) >= 11 is 6.18. The molecule has 4 aromatic carbocycles. The first-order chi connectivity index (χ1) is 31.1. The third-order valence-corrected chi connectivity index (χ3v) is 11.2. The Labute approximate surface area is 371 Å². The number of fused-ring (bicyclic) bond motifs is 2. The second kappa shape index (κ2) is 20.2. The molecule has 1 atom stereocenters. The predicted octanol–water partition coefficient (Wildman–Crippen LogP) is 4.79. The normalized spacial score (nSPS) is 14.9. The van der Waals surface area contributed by atoms with E-state index in [1.807, 2.05) is 24.3 Å². The summed E-state index contributed by atoms with van der Waals surface area (Å²) < 4.78 is 37.7. The highest BCUT2D eigenvalue weighted by Gasteiger charge is 2.40. The van der Waals surface area contributed by atoms with Gasteiger partial charge in [0.25, 0.3) is 17.4 Å². The number of ether oxygens (including phenoxy) is 4. The van der Waals surface area contributed by atoms with Gasteiger partial charge in [-0.15, -0.1) is 0 Å². The average Bonchev–Trinajstić information content (AvgIpc) is 3.97. The van der Waals surface area contributed by atoms with Crippen molar-refractivity contribution in [2.24, 2.45) is 0 Å². The second-order valence-electron chi connectivity index (χ2n) is 15.2. The van der Waals surface area contributed by atoms with Crippen LogP contribution in [0.15, 0.2) is 89.7 Å². The van der Waals surface area contributed by atoms with Gasteiger partial charge in [0.05, 0.1) is 62.9 Å². The van der Waals surface area contributed by atoms with Crippen molar-refractivity contribution in [3.63, 3.8) is 0 Å². The number of carbonyl (C=O) groups excluding carboxylic acids is 4. The van der Waals surface area contributed by atoms with Gasteiger partial charge in [-0.2, -0.15) is 4.68 Å². The molecule has 18 heteroatoms. The largest absolute Gasteiger partial charge is 0.483 e. The van der Waals surface area contributed by atoms with Gasteiger partial charge < -0.3 is 34.1 Å². The molecular formula is C46H45ClFN7O9. The molecule has 0 radical (unpaired) electrons. The summed E-state index contributed by atoms with van der Waals surface area (Å²) in [5.74, 6) is -1.14. The van der Waals surface area contributed by atoms with Crippen LogP contribution in [0.2, 0.25) is 5.02 Å². The molecule has 1 unspecified atom stereocenters. The first-order valence-corrected chi connectivity index (χ1v) is 21.2. The zero-order valence-corrected chi connectivity index (χ0v) is 35.4. The van der Waals surface area contributed by atoms with Crippen molar-refractivity contribution in [2.45, 2.75) is 44.9 Å². The minimum Gasteiger partial charge on any atom is -0.483 e. The van der Waals surface area contributed by atoms with Crippen LogP contribution in [-0.4, -0.2) is 101 Å². The van der Waals surface area contributed by atoms with Crippen LogP contribution in [0.4, 0.5) is 4.39 Å². The maximum absolute atomic E-state index is 13.8. The van der Waals surface area contributed by atoms with E-state index in [1.54, 1.807) is 48.5 Å². The summed E-state index contributed by atoms with van der Waals surface area (Å²) in [5.41, 5.74) is 5.98. The number of hydrogen-bond acceptors (Lipinski definition) is 10. The Morgan fingerprint density at radius 1 is 0.875 bits per heavy atom. The van der Waals surface area contributed by atoms with Crippen LogP contribution in [0, 0.1) is 5.82 Å². The highest BCUT2D eigenvalue weighted by molar-refractivity contribution is 6.31. The van der Waals surface area contributed by atoms with Gasteiger partial charge in [-0.3, -0.25) is 34.4 Å². The van der Waals surface area contributed by atoms with E-state index < -0.39 is 11.9 Å². The van der Waals surface area contributed by atoms with Crippen molar-refractivity contribution in [3.8, 4) is 23.0 Å². The lowest BCUT2D eigenvalue weighted by Gasteiger charge is -2.29. The van der Waals surface area contributed by atoms with Crippen molar-refractivity contribution in [3.05, 3.63) is 134 Å². The van der Waals surface area contributed by atoms with Gasteiger partial charge in [0.2, 0.25) is 17.8 Å². The quantitative estimate of drug-likeness (QED) is 0.0611. The molecule has 2 aliphatic rings. The molecular weight excluding hydrogens is 849 g/mol. The van der Waals surface area contributed by atoms with Crippen molar-refractivity contribution in [1.29, 1.82) is 0 Å². The Morgan fingerprint density at radius 2 is 1.62 bits per heavy atom. The van der Waals surface area contributed by atoms with Gasteiger partial charge in [-0.1, -0.05) is 54.1 Å². The Morgan fingerprint density at radius 3 is 2.41 bits per heavy atom. The molecule has 8 rings (SSSR count). The second-order valence-corrected chi connectivity index (χ2v) is 15.7. The van der Waals surface area contributed by atoms with Gasteiger partial charge in [-0.25, -0.2) is 9.37 Å². The molecule has 4 amide bonds. The van der Waals surface area contributed by atoms with Crippen LogP contribution in [0.3, 0.4) is 0 Å². The molecule has 1 saturated heterocycles. The van der Waals surface area contributed by atoms with Crippen LogP contribution >= 0.6 is 11.6 Å². The van der Waals surface area contributed by atoms with Crippen molar-refractivity contribution >= 4 is 46.3 Å². The number of amides is 4. The molecule has 4 heterocycles. The summed E-state index contributed by atoms with van der Waals surface area (Å²) in [6, 6.07) is 23.5. The van der Waals surface area contributed by atoms with Crippen molar-refractivity contribution in [2.75, 3.05) is 46.2 Å². The maximum atomic E-state index is 13.8. The number of hydrogen-bond donors (Lipinski definition) is 4. The number of imide groups is 1. The number of carbonyl (C=O) groups is 4. The van der Waals surface area contributed by atoms with Gasteiger partial charge in [-0.05, 0) is 78.4 Å². The maximum Gasteiger partial charge on any atom is 0.277 e. The Bertz CT molecular complexity index is 2720. The summed E-state index contributed by atoms with van der Waals surface area (Å²) in [6.07, 6.45) is 1.36. The molecule has 0 saturated carbocycles. The molecule has 1 fully saturated rings. The number of benzene rings is 4. The number of imidazole rings is 1. The number of aromatic amines is 2. The lowest BCUT2D eigenvalue weighted by atomic mass is 10.0. The number of piperidine rings is 1. The Kier molecular flexibility index (Phi) is 13.9. The molecule has 0 bridgehead atoms. The van der Waals surface area contributed by atoms with E-state index in [4.69, 9.17) is 30.5 Å². The SMILES string of the molecule is O=C(COc1cccc2c1CN(C1CCC(=O)NC1=O)C2=O)NCCOCCOCCOCc1ccc(-c2[nH]n(-c3nc4ccc(Cl)cc4[nH]3)c(=O)c2CCc2ccc(F)cc2)cc1. The molecule has 16 nitrogen and oxygen atoms in total. The van der Waals surface area contributed by atoms with Gasteiger partial charge in [0.15, 0.2) is 6.61 Å². The lowest BCUT2D eigenvalue weighted by molar-refractivity contribution is -0.137. The summed E-state index contributed by atoms with van der Waals surface area (Å²) in [4.78, 5) is 72.5. The fourth-order valence-corrected chi connectivity index (χ4v) is 7.81. The minimum absolute atomic E-state index is 0.142. The topological polar surface area (TPSA) is 199 Å². The molecule has 4 N–H and O–H groups in total. The van der Waals surface area contributed by atoms with Gasteiger partial charge >= 0.3 is 0 Å². The number of aryl methyl sites for hydroxylation is 1. The molecule has 64 heavy (non-hydrogen) atoms. The Hall–Kier alpha value is -6.66. The van der Waals surface area contributed by atoms with Crippen molar-refractivity contribution in [1.82, 2.24) is 35.3 Å². The van der Waals surface area contributed by atoms with Crippen LogP contribution in [-0.2, 0) is 54.6 Å². The average molecular weight is 894 g/mol. The standard InChI is InChI=1S/C46H45ClFN7O9/c47-31-11-15-36-37(24-31)51-46(50-36)55-45(60)34(14-8-28-6-12-32(48)13-7-28)42(53-55)30-9-4-29(5-10-30)26-63-23-22-62-21-20-61-19-18-49-41(57)27-64-39-3-1-2-33-35(39)25-54(44(33)59)38-16-17-40(56)52-43(38)58/h1-7,9-13,15,24,38,53H,8,14,16-23,25-27H2,(H,49,57)(H,50,51)(H,52,56,58). The van der Waals surface area contributed by atoms with E-state index in [-0.39, 0.29) is 68.2 Å². The van der Waals surface area contributed by atoms with Crippen LogP contribution in [0.5, 0.6) is 5.75 Å². The molecule has 6 aromatic rings. The molecule has 0 spiro atoms. The van der Waals surface area contributed by atoms with E-state index >= 15 is 0 Å². The van der Waals surface area contributed by atoms with Gasteiger partial charge in [0, 0.05) is 34.7 Å². The number of H-pyrrole nitrogens is 2. The van der Waals surface area contributed by atoms with Crippen LogP contribution in [0.1, 0.15) is 45.5 Å². The zero-order chi connectivity index (χ0) is 44.6. The molecule has 2 aliphatic heterocycles.